The first-order valence-corrected chi connectivity index (χ1v) is 6.60. The zero-order valence-corrected chi connectivity index (χ0v) is 12.2. The SMILES string of the molecule is Cl.NC1CCN(Cc2ccn(-c3ccc(F)cc3F)n2)C1. The Hall–Kier alpha value is -1.50. The van der Waals surface area contributed by atoms with E-state index in [-0.39, 0.29) is 24.1 Å². The second-order valence-electron chi connectivity index (χ2n) is 5.13. The fourth-order valence-electron chi connectivity index (χ4n) is 2.48. The van der Waals surface area contributed by atoms with Crippen molar-refractivity contribution in [3.05, 3.63) is 47.8 Å². The number of benzene rings is 1. The van der Waals surface area contributed by atoms with Gasteiger partial charge in [-0.1, -0.05) is 0 Å². The molecule has 1 fully saturated rings. The normalized spacial score (nSPS) is 18.7. The first-order valence-electron chi connectivity index (χ1n) is 6.60. The average Bonchev–Trinajstić information content (AvgIpc) is 2.99. The van der Waals surface area contributed by atoms with Gasteiger partial charge in [-0.3, -0.25) is 4.90 Å². The van der Waals surface area contributed by atoms with Gasteiger partial charge in [0.2, 0.25) is 0 Å². The van der Waals surface area contributed by atoms with Crippen LogP contribution in [0.5, 0.6) is 0 Å². The Bertz CT molecular complexity index is 617. The smallest absolute Gasteiger partial charge is 0.151 e. The third-order valence-corrected chi connectivity index (χ3v) is 3.50. The minimum Gasteiger partial charge on any atom is -0.326 e. The summed E-state index contributed by atoms with van der Waals surface area (Å²) in [5.74, 6) is -1.22. The van der Waals surface area contributed by atoms with Crippen LogP contribution in [-0.4, -0.2) is 33.8 Å². The van der Waals surface area contributed by atoms with Crippen molar-refractivity contribution in [3.8, 4) is 5.69 Å². The summed E-state index contributed by atoms with van der Waals surface area (Å²) in [6.07, 6.45) is 2.68. The van der Waals surface area contributed by atoms with Crippen molar-refractivity contribution < 1.29 is 8.78 Å². The Balaban J connectivity index is 0.00000161. The number of likely N-dealkylation sites (tertiary alicyclic amines) is 1. The van der Waals surface area contributed by atoms with E-state index in [2.05, 4.69) is 10.00 Å². The molecule has 4 nitrogen and oxygen atoms in total. The van der Waals surface area contributed by atoms with Crippen molar-refractivity contribution in [3.63, 3.8) is 0 Å². The molecular weight excluding hydrogens is 298 g/mol. The van der Waals surface area contributed by atoms with Crippen LogP contribution < -0.4 is 5.73 Å². The van der Waals surface area contributed by atoms with E-state index in [1.165, 1.54) is 16.8 Å². The van der Waals surface area contributed by atoms with Crippen molar-refractivity contribution in [1.29, 1.82) is 0 Å². The number of nitrogens with zero attached hydrogens (tertiary/aromatic N) is 3. The summed E-state index contributed by atoms with van der Waals surface area (Å²) in [4.78, 5) is 2.22. The monoisotopic (exact) mass is 314 g/mol. The molecule has 2 aromatic rings. The highest BCUT2D eigenvalue weighted by Gasteiger charge is 2.19. The summed E-state index contributed by atoms with van der Waals surface area (Å²) >= 11 is 0. The second-order valence-corrected chi connectivity index (χ2v) is 5.13. The van der Waals surface area contributed by atoms with E-state index >= 15 is 0 Å². The van der Waals surface area contributed by atoms with Crippen LogP contribution in [0.3, 0.4) is 0 Å². The molecule has 3 rings (SSSR count). The van der Waals surface area contributed by atoms with Crippen LogP contribution in [0.4, 0.5) is 8.78 Å². The lowest BCUT2D eigenvalue weighted by atomic mass is 10.3. The van der Waals surface area contributed by atoms with Crippen LogP contribution >= 0.6 is 12.4 Å². The molecule has 7 heteroatoms. The van der Waals surface area contributed by atoms with Gasteiger partial charge in [-0.25, -0.2) is 13.5 Å². The molecule has 1 saturated heterocycles. The average molecular weight is 315 g/mol. The quantitative estimate of drug-likeness (QED) is 0.944. The van der Waals surface area contributed by atoms with Gasteiger partial charge < -0.3 is 5.73 Å². The van der Waals surface area contributed by atoms with Crippen LogP contribution in [0.25, 0.3) is 5.69 Å². The van der Waals surface area contributed by atoms with Gasteiger partial charge in [0.1, 0.15) is 11.5 Å². The van der Waals surface area contributed by atoms with E-state index < -0.39 is 11.6 Å². The molecule has 114 valence electrons. The van der Waals surface area contributed by atoms with Gasteiger partial charge in [0.25, 0.3) is 0 Å². The van der Waals surface area contributed by atoms with Gasteiger partial charge in [0, 0.05) is 37.9 Å². The molecule has 1 aromatic carbocycles. The number of aromatic nitrogens is 2. The fourth-order valence-corrected chi connectivity index (χ4v) is 2.48. The van der Waals surface area contributed by atoms with E-state index in [0.717, 1.165) is 31.3 Å². The van der Waals surface area contributed by atoms with Crippen molar-refractivity contribution in [1.82, 2.24) is 14.7 Å². The van der Waals surface area contributed by atoms with Gasteiger partial charge in [0.15, 0.2) is 5.82 Å². The number of nitrogens with two attached hydrogens (primary N) is 1. The summed E-state index contributed by atoms with van der Waals surface area (Å²) in [6, 6.07) is 5.53. The lowest BCUT2D eigenvalue weighted by Crippen LogP contribution is -2.26. The predicted octanol–water partition coefficient (Wildman–Crippen LogP) is 2.11. The van der Waals surface area contributed by atoms with Gasteiger partial charge in [-0.05, 0) is 24.6 Å². The van der Waals surface area contributed by atoms with Crippen LogP contribution in [0.1, 0.15) is 12.1 Å². The molecule has 0 spiro atoms. The maximum absolute atomic E-state index is 13.7. The number of hydrogen-bond donors (Lipinski definition) is 1. The summed E-state index contributed by atoms with van der Waals surface area (Å²) in [5.41, 5.74) is 6.95. The van der Waals surface area contributed by atoms with Gasteiger partial charge in [0.05, 0.1) is 5.69 Å². The molecule has 0 bridgehead atoms. The number of rotatable bonds is 3. The zero-order valence-electron chi connectivity index (χ0n) is 11.4. The fraction of sp³-hybridized carbons (Fsp3) is 0.357. The third kappa shape index (κ3) is 3.58. The molecule has 2 heterocycles. The molecule has 0 saturated carbocycles. The highest BCUT2D eigenvalue weighted by Crippen LogP contribution is 2.16. The van der Waals surface area contributed by atoms with E-state index in [0.29, 0.717) is 6.54 Å². The minimum atomic E-state index is -0.622. The van der Waals surface area contributed by atoms with Gasteiger partial charge >= 0.3 is 0 Å². The van der Waals surface area contributed by atoms with Gasteiger partial charge in [-0.2, -0.15) is 5.10 Å². The van der Waals surface area contributed by atoms with Crippen molar-refractivity contribution >= 4 is 12.4 Å². The van der Waals surface area contributed by atoms with E-state index in [4.69, 9.17) is 5.73 Å². The lowest BCUT2D eigenvalue weighted by Gasteiger charge is -2.12. The maximum Gasteiger partial charge on any atom is 0.151 e. The minimum absolute atomic E-state index is 0. The molecule has 2 N–H and O–H groups in total. The molecule has 0 radical (unpaired) electrons. The number of hydrogen-bond acceptors (Lipinski definition) is 3. The van der Waals surface area contributed by atoms with E-state index in [1.807, 2.05) is 6.07 Å². The van der Waals surface area contributed by atoms with Crippen LogP contribution in [0.2, 0.25) is 0 Å². The standard InChI is InChI=1S/C14H16F2N4.ClH/c15-10-1-2-14(13(16)7-10)20-6-4-12(18-20)9-19-5-3-11(17)8-19;/h1-2,4,6-7,11H,3,5,8-9,17H2;1H. The van der Waals surface area contributed by atoms with Crippen molar-refractivity contribution in [2.45, 2.75) is 19.0 Å². The Labute approximate surface area is 127 Å². The third-order valence-electron chi connectivity index (χ3n) is 3.50. The maximum atomic E-state index is 13.7. The Morgan fingerprint density at radius 3 is 2.76 bits per heavy atom. The topological polar surface area (TPSA) is 47.1 Å². The molecule has 1 aromatic heterocycles. The van der Waals surface area contributed by atoms with Gasteiger partial charge in [-0.15, -0.1) is 12.4 Å². The van der Waals surface area contributed by atoms with Crippen LogP contribution in [-0.2, 0) is 6.54 Å². The summed E-state index contributed by atoms with van der Waals surface area (Å²) < 4.78 is 28.0. The zero-order chi connectivity index (χ0) is 14.1. The number of halogens is 3. The molecular formula is C14H17ClF2N4. The van der Waals surface area contributed by atoms with E-state index in [9.17, 15) is 8.78 Å². The first-order chi connectivity index (χ1) is 9.61. The molecule has 1 aliphatic heterocycles. The summed E-state index contributed by atoms with van der Waals surface area (Å²) in [5, 5.41) is 4.33. The molecule has 1 atom stereocenters. The Morgan fingerprint density at radius 1 is 1.29 bits per heavy atom. The molecule has 0 amide bonds. The Kier molecular flexibility index (Phi) is 4.92. The summed E-state index contributed by atoms with van der Waals surface area (Å²) in [7, 11) is 0. The summed E-state index contributed by atoms with van der Waals surface area (Å²) in [6.45, 7) is 2.51. The predicted molar refractivity (Wildman–Crippen MR) is 78.6 cm³/mol. The molecule has 1 aliphatic rings. The van der Waals surface area contributed by atoms with E-state index in [1.54, 1.807) is 6.20 Å². The van der Waals surface area contributed by atoms with Crippen molar-refractivity contribution in [2.24, 2.45) is 5.73 Å². The van der Waals surface area contributed by atoms with Crippen molar-refractivity contribution in [2.75, 3.05) is 13.1 Å². The highest BCUT2D eigenvalue weighted by molar-refractivity contribution is 5.85. The second kappa shape index (κ2) is 6.51. The molecule has 1 unspecified atom stereocenters. The molecule has 0 aliphatic carbocycles. The highest BCUT2D eigenvalue weighted by atomic mass is 35.5. The molecule has 21 heavy (non-hydrogen) atoms. The Morgan fingerprint density at radius 2 is 2.10 bits per heavy atom. The lowest BCUT2D eigenvalue weighted by molar-refractivity contribution is 0.322. The van der Waals surface area contributed by atoms with Crippen LogP contribution in [0, 0.1) is 11.6 Å². The van der Waals surface area contributed by atoms with Crippen LogP contribution in [0.15, 0.2) is 30.5 Å². The first kappa shape index (κ1) is 15.9. The largest absolute Gasteiger partial charge is 0.326 e.